The zero-order valence-electron chi connectivity index (χ0n) is 12.4. The highest BCUT2D eigenvalue weighted by atomic mass is 16.3. The summed E-state index contributed by atoms with van der Waals surface area (Å²) < 4.78 is 5.55. The Hall–Kier alpha value is -1.29. The highest BCUT2D eigenvalue weighted by molar-refractivity contribution is 5.96. The number of hydrogen-bond donors (Lipinski definition) is 1. The van der Waals surface area contributed by atoms with Gasteiger partial charge in [-0.25, -0.2) is 0 Å². The summed E-state index contributed by atoms with van der Waals surface area (Å²) >= 11 is 0. The molecule has 0 radical (unpaired) electrons. The fraction of sp³-hybridized carbons (Fsp3) is 0.667. The Morgan fingerprint density at radius 3 is 2.63 bits per heavy atom. The Morgan fingerprint density at radius 2 is 2.11 bits per heavy atom. The van der Waals surface area contributed by atoms with E-state index in [-0.39, 0.29) is 5.91 Å². The highest BCUT2D eigenvalue weighted by Gasteiger charge is 2.24. The summed E-state index contributed by atoms with van der Waals surface area (Å²) in [4.78, 5) is 14.4. The van der Waals surface area contributed by atoms with Gasteiger partial charge in [0.25, 0.3) is 5.91 Å². The van der Waals surface area contributed by atoms with Crippen LogP contribution in [0.15, 0.2) is 4.42 Å². The SMILES string of the molecule is Cc1oc(C)c(C(=O)N(C)CC2CCCNC2)c1C. The Labute approximate surface area is 115 Å². The van der Waals surface area contributed by atoms with Gasteiger partial charge in [0.1, 0.15) is 11.5 Å². The van der Waals surface area contributed by atoms with Crippen molar-refractivity contribution in [2.45, 2.75) is 33.6 Å². The smallest absolute Gasteiger partial charge is 0.257 e. The Morgan fingerprint density at radius 1 is 1.37 bits per heavy atom. The first-order chi connectivity index (χ1) is 9.00. The fourth-order valence-electron chi connectivity index (χ4n) is 2.85. The van der Waals surface area contributed by atoms with E-state index in [0.29, 0.717) is 5.92 Å². The number of nitrogens with one attached hydrogen (secondary N) is 1. The summed E-state index contributed by atoms with van der Waals surface area (Å²) in [7, 11) is 1.89. The van der Waals surface area contributed by atoms with Gasteiger partial charge in [-0.3, -0.25) is 4.79 Å². The van der Waals surface area contributed by atoms with Crippen molar-refractivity contribution in [2.24, 2.45) is 5.92 Å². The van der Waals surface area contributed by atoms with E-state index in [1.165, 1.54) is 12.8 Å². The van der Waals surface area contributed by atoms with Crippen molar-refractivity contribution in [1.29, 1.82) is 0 Å². The first-order valence-corrected chi connectivity index (χ1v) is 7.03. The van der Waals surface area contributed by atoms with Crippen LogP contribution >= 0.6 is 0 Å². The molecule has 4 heteroatoms. The second kappa shape index (κ2) is 5.78. The third-order valence-corrected chi connectivity index (χ3v) is 4.05. The van der Waals surface area contributed by atoms with Gasteiger partial charge in [-0.1, -0.05) is 0 Å². The molecular weight excluding hydrogens is 240 g/mol. The van der Waals surface area contributed by atoms with E-state index >= 15 is 0 Å². The van der Waals surface area contributed by atoms with E-state index in [9.17, 15) is 4.79 Å². The number of amides is 1. The van der Waals surface area contributed by atoms with Gasteiger partial charge in [-0.15, -0.1) is 0 Å². The minimum atomic E-state index is 0.0809. The molecule has 106 valence electrons. The van der Waals surface area contributed by atoms with Crippen LogP contribution < -0.4 is 5.32 Å². The molecule has 1 fully saturated rings. The van der Waals surface area contributed by atoms with Crippen LogP contribution in [0.4, 0.5) is 0 Å². The van der Waals surface area contributed by atoms with Gasteiger partial charge in [-0.05, 0) is 52.6 Å². The molecule has 1 aromatic heterocycles. The van der Waals surface area contributed by atoms with E-state index in [1.54, 1.807) is 0 Å². The maximum absolute atomic E-state index is 12.5. The average molecular weight is 264 g/mol. The van der Waals surface area contributed by atoms with Gasteiger partial charge in [0.2, 0.25) is 0 Å². The van der Waals surface area contributed by atoms with E-state index in [4.69, 9.17) is 4.42 Å². The number of nitrogens with zero attached hydrogens (tertiary/aromatic N) is 1. The maximum Gasteiger partial charge on any atom is 0.257 e. The molecule has 1 aromatic rings. The molecule has 0 aliphatic carbocycles. The molecule has 0 spiro atoms. The van der Waals surface area contributed by atoms with Crippen molar-refractivity contribution in [1.82, 2.24) is 10.2 Å². The molecule has 1 atom stereocenters. The van der Waals surface area contributed by atoms with Crippen molar-refractivity contribution in [3.05, 3.63) is 22.6 Å². The zero-order chi connectivity index (χ0) is 14.0. The number of aryl methyl sites for hydroxylation is 2. The summed E-state index contributed by atoms with van der Waals surface area (Å²) in [5, 5.41) is 3.39. The Bertz CT molecular complexity index is 459. The van der Waals surface area contributed by atoms with Gasteiger partial charge >= 0.3 is 0 Å². The minimum absolute atomic E-state index is 0.0809. The van der Waals surface area contributed by atoms with Crippen LogP contribution in [-0.4, -0.2) is 37.5 Å². The minimum Gasteiger partial charge on any atom is -0.466 e. The topological polar surface area (TPSA) is 45.5 Å². The van der Waals surface area contributed by atoms with Gasteiger partial charge in [0, 0.05) is 19.2 Å². The quantitative estimate of drug-likeness (QED) is 0.911. The molecule has 1 aliphatic rings. The van der Waals surface area contributed by atoms with Gasteiger partial charge in [-0.2, -0.15) is 0 Å². The van der Waals surface area contributed by atoms with E-state index in [2.05, 4.69) is 5.32 Å². The summed E-state index contributed by atoms with van der Waals surface area (Å²) in [6.45, 7) is 8.66. The highest BCUT2D eigenvalue weighted by Crippen LogP contribution is 2.22. The molecule has 19 heavy (non-hydrogen) atoms. The number of carbonyl (C=O) groups excluding carboxylic acids is 1. The fourth-order valence-corrected chi connectivity index (χ4v) is 2.85. The van der Waals surface area contributed by atoms with E-state index < -0.39 is 0 Å². The van der Waals surface area contributed by atoms with Crippen LogP contribution in [0.1, 0.15) is 40.3 Å². The third-order valence-electron chi connectivity index (χ3n) is 4.05. The van der Waals surface area contributed by atoms with Gasteiger partial charge in [0.15, 0.2) is 0 Å². The summed E-state index contributed by atoms with van der Waals surface area (Å²) in [6, 6.07) is 0. The molecule has 0 saturated carbocycles. The molecule has 1 unspecified atom stereocenters. The second-order valence-corrected chi connectivity index (χ2v) is 5.61. The van der Waals surface area contributed by atoms with E-state index in [0.717, 1.165) is 42.3 Å². The predicted octanol–water partition coefficient (Wildman–Crippen LogP) is 2.28. The van der Waals surface area contributed by atoms with Crippen molar-refractivity contribution >= 4 is 5.91 Å². The maximum atomic E-state index is 12.5. The Kier molecular flexibility index (Phi) is 4.30. The van der Waals surface area contributed by atoms with Crippen LogP contribution in [0.5, 0.6) is 0 Å². The number of rotatable bonds is 3. The van der Waals surface area contributed by atoms with E-state index in [1.807, 2.05) is 32.7 Å². The number of piperidine rings is 1. The molecule has 2 rings (SSSR count). The molecule has 0 bridgehead atoms. The second-order valence-electron chi connectivity index (χ2n) is 5.61. The lowest BCUT2D eigenvalue weighted by atomic mass is 9.99. The zero-order valence-corrected chi connectivity index (χ0v) is 12.4. The molecule has 1 N–H and O–H groups in total. The van der Waals surface area contributed by atoms with Gasteiger partial charge in [0.05, 0.1) is 5.56 Å². The largest absolute Gasteiger partial charge is 0.466 e. The monoisotopic (exact) mass is 264 g/mol. The first-order valence-electron chi connectivity index (χ1n) is 7.03. The van der Waals surface area contributed by atoms with Crippen molar-refractivity contribution in [2.75, 3.05) is 26.7 Å². The third kappa shape index (κ3) is 3.00. The number of hydrogen-bond acceptors (Lipinski definition) is 3. The lowest BCUT2D eigenvalue weighted by Gasteiger charge is -2.27. The van der Waals surface area contributed by atoms with Crippen LogP contribution in [0, 0.1) is 26.7 Å². The summed E-state index contributed by atoms with van der Waals surface area (Å²) in [5.41, 5.74) is 1.71. The number of furan rings is 1. The van der Waals surface area contributed by atoms with Crippen molar-refractivity contribution < 1.29 is 9.21 Å². The number of carbonyl (C=O) groups is 1. The van der Waals surface area contributed by atoms with Crippen molar-refractivity contribution in [3.63, 3.8) is 0 Å². The standard InChI is InChI=1S/C15H24N2O2/c1-10-11(2)19-12(3)14(10)15(18)17(4)9-13-6-5-7-16-8-13/h13,16H,5-9H2,1-4H3. The summed E-state index contributed by atoms with van der Waals surface area (Å²) in [5.74, 6) is 2.22. The predicted molar refractivity (Wildman–Crippen MR) is 75.5 cm³/mol. The Balaban J connectivity index is 2.05. The normalized spacial score (nSPS) is 19.5. The van der Waals surface area contributed by atoms with Crippen LogP contribution in [0.3, 0.4) is 0 Å². The average Bonchev–Trinajstić information content (AvgIpc) is 2.63. The molecule has 2 heterocycles. The molecule has 0 aromatic carbocycles. The molecule has 1 aliphatic heterocycles. The van der Waals surface area contributed by atoms with Crippen molar-refractivity contribution in [3.8, 4) is 0 Å². The van der Waals surface area contributed by atoms with Crippen LogP contribution in [0.25, 0.3) is 0 Å². The molecule has 4 nitrogen and oxygen atoms in total. The lowest BCUT2D eigenvalue weighted by molar-refractivity contribution is 0.0762. The first kappa shape index (κ1) is 14.1. The van der Waals surface area contributed by atoms with Gasteiger partial charge < -0.3 is 14.6 Å². The van der Waals surface area contributed by atoms with Crippen LogP contribution in [-0.2, 0) is 0 Å². The molecule has 1 amide bonds. The molecule has 1 saturated heterocycles. The summed E-state index contributed by atoms with van der Waals surface area (Å²) in [6.07, 6.45) is 2.41. The van der Waals surface area contributed by atoms with Crippen LogP contribution in [0.2, 0.25) is 0 Å². The molecular formula is C15H24N2O2. The lowest BCUT2D eigenvalue weighted by Crippen LogP contribution is -2.39.